The van der Waals surface area contributed by atoms with Gasteiger partial charge in [0.15, 0.2) is 0 Å². The number of carbonyl (C=O) groups is 2. The van der Waals surface area contributed by atoms with Gasteiger partial charge in [0, 0.05) is 35.6 Å². The predicted molar refractivity (Wildman–Crippen MR) is 95.5 cm³/mol. The van der Waals surface area contributed by atoms with Crippen LogP contribution in [0.1, 0.15) is 46.6 Å². The summed E-state index contributed by atoms with van der Waals surface area (Å²) in [6, 6.07) is 9.73. The van der Waals surface area contributed by atoms with E-state index in [1.165, 1.54) is 10.4 Å². The van der Waals surface area contributed by atoms with Gasteiger partial charge in [0.05, 0.1) is 6.04 Å². The second-order valence-electron chi connectivity index (χ2n) is 6.42. The van der Waals surface area contributed by atoms with E-state index in [1.54, 1.807) is 16.2 Å². The van der Waals surface area contributed by atoms with E-state index < -0.39 is 0 Å². The Morgan fingerprint density at radius 2 is 2.08 bits per heavy atom. The standard InChI is InChI=1S/C19H20N2O2S/c1-13-16-8-11-24-17(16)7-10-20(13)19(23)14-4-2-5-15(12-14)21-9-3-6-18(21)22/h2,4-5,8,11-13H,3,6-7,9-10H2,1H3/t13-/m1/s1. The summed E-state index contributed by atoms with van der Waals surface area (Å²) in [4.78, 5) is 30.1. The molecule has 4 rings (SSSR count). The summed E-state index contributed by atoms with van der Waals surface area (Å²) in [6.45, 7) is 3.59. The van der Waals surface area contributed by atoms with Gasteiger partial charge < -0.3 is 9.80 Å². The van der Waals surface area contributed by atoms with Gasteiger partial charge in [0.2, 0.25) is 5.91 Å². The SMILES string of the molecule is C[C@@H]1c2ccsc2CCN1C(=O)c1cccc(N2CCCC2=O)c1. The van der Waals surface area contributed by atoms with E-state index in [-0.39, 0.29) is 17.9 Å². The molecule has 0 bridgehead atoms. The average molecular weight is 340 g/mol. The zero-order chi connectivity index (χ0) is 16.7. The number of rotatable bonds is 2. The van der Waals surface area contributed by atoms with Crippen LogP contribution in [-0.2, 0) is 11.2 Å². The summed E-state index contributed by atoms with van der Waals surface area (Å²) in [5.74, 6) is 0.196. The first-order chi connectivity index (χ1) is 11.6. The molecule has 0 spiro atoms. The van der Waals surface area contributed by atoms with Gasteiger partial charge in [-0.05, 0) is 55.0 Å². The second-order valence-corrected chi connectivity index (χ2v) is 7.42. The first kappa shape index (κ1) is 15.4. The number of carbonyl (C=O) groups excluding carboxylic acids is 2. The maximum atomic E-state index is 13.0. The van der Waals surface area contributed by atoms with Crippen LogP contribution in [0.4, 0.5) is 5.69 Å². The zero-order valence-electron chi connectivity index (χ0n) is 13.7. The largest absolute Gasteiger partial charge is 0.331 e. The Morgan fingerprint density at radius 1 is 1.21 bits per heavy atom. The van der Waals surface area contributed by atoms with Gasteiger partial charge in [-0.2, -0.15) is 0 Å². The molecule has 5 heteroatoms. The monoisotopic (exact) mass is 340 g/mol. The molecular formula is C19H20N2O2S. The maximum Gasteiger partial charge on any atom is 0.254 e. The molecule has 124 valence electrons. The molecule has 1 saturated heterocycles. The van der Waals surface area contributed by atoms with Crippen molar-refractivity contribution in [3.8, 4) is 0 Å². The Morgan fingerprint density at radius 3 is 2.88 bits per heavy atom. The van der Waals surface area contributed by atoms with Crippen molar-refractivity contribution in [1.29, 1.82) is 0 Å². The Bertz CT molecular complexity index is 798. The molecule has 3 heterocycles. The van der Waals surface area contributed by atoms with Gasteiger partial charge in [0.1, 0.15) is 0 Å². The van der Waals surface area contributed by atoms with E-state index in [9.17, 15) is 9.59 Å². The highest BCUT2D eigenvalue weighted by atomic mass is 32.1. The van der Waals surface area contributed by atoms with E-state index >= 15 is 0 Å². The number of nitrogens with zero attached hydrogens (tertiary/aromatic N) is 2. The topological polar surface area (TPSA) is 40.6 Å². The van der Waals surface area contributed by atoms with Crippen molar-refractivity contribution in [1.82, 2.24) is 4.90 Å². The molecule has 0 radical (unpaired) electrons. The highest BCUT2D eigenvalue weighted by Crippen LogP contribution is 2.34. The van der Waals surface area contributed by atoms with Crippen LogP contribution in [0.25, 0.3) is 0 Å². The first-order valence-electron chi connectivity index (χ1n) is 8.43. The normalized spacial score (nSPS) is 20.4. The minimum absolute atomic E-state index is 0.0489. The third-order valence-corrected chi connectivity index (χ3v) is 6.01. The Labute approximate surface area is 145 Å². The third-order valence-electron chi connectivity index (χ3n) is 5.02. The number of hydrogen-bond acceptors (Lipinski definition) is 3. The molecule has 1 aromatic heterocycles. The molecule has 1 atom stereocenters. The number of anilines is 1. The summed E-state index contributed by atoms with van der Waals surface area (Å²) in [6.07, 6.45) is 2.41. The lowest BCUT2D eigenvalue weighted by Gasteiger charge is -2.34. The van der Waals surface area contributed by atoms with Crippen LogP contribution in [0.2, 0.25) is 0 Å². The smallest absolute Gasteiger partial charge is 0.254 e. The summed E-state index contributed by atoms with van der Waals surface area (Å²) >= 11 is 1.78. The van der Waals surface area contributed by atoms with E-state index in [0.29, 0.717) is 12.0 Å². The van der Waals surface area contributed by atoms with Gasteiger partial charge in [0.25, 0.3) is 5.91 Å². The Hall–Kier alpha value is -2.14. The molecule has 0 aliphatic carbocycles. The zero-order valence-corrected chi connectivity index (χ0v) is 14.5. The van der Waals surface area contributed by atoms with Crippen LogP contribution in [-0.4, -0.2) is 29.8 Å². The van der Waals surface area contributed by atoms with Crippen LogP contribution in [0, 0.1) is 0 Å². The summed E-state index contributed by atoms with van der Waals surface area (Å²) in [5, 5.41) is 2.11. The Kier molecular flexibility index (Phi) is 3.88. The van der Waals surface area contributed by atoms with Crippen LogP contribution in [0.3, 0.4) is 0 Å². The fraction of sp³-hybridized carbons (Fsp3) is 0.368. The van der Waals surface area contributed by atoms with Crippen molar-refractivity contribution in [2.75, 3.05) is 18.0 Å². The minimum Gasteiger partial charge on any atom is -0.331 e. The number of amides is 2. The average Bonchev–Trinajstić information content (AvgIpc) is 3.24. The maximum absolute atomic E-state index is 13.0. The van der Waals surface area contributed by atoms with E-state index in [1.807, 2.05) is 29.2 Å². The van der Waals surface area contributed by atoms with Crippen molar-refractivity contribution < 1.29 is 9.59 Å². The quantitative estimate of drug-likeness (QED) is 0.837. The molecule has 2 amide bonds. The highest BCUT2D eigenvalue weighted by molar-refractivity contribution is 7.10. The molecule has 4 nitrogen and oxygen atoms in total. The van der Waals surface area contributed by atoms with Crippen molar-refractivity contribution in [2.24, 2.45) is 0 Å². The van der Waals surface area contributed by atoms with E-state index in [2.05, 4.69) is 18.4 Å². The lowest BCUT2D eigenvalue weighted by atomic mass is 10.00. The lowest BCUT2D eigenvalue weighted by Crippen LogP contribution is -2.38. The molecule has 1 fully saturated rings. The molecule has 2 aromatic rings. The fourth-order valence-electron chi connectivity index (χ4n) is 3.68. The van der Waals surface area contributed by atoms with Crippen molar-refractivity contribution in [3.05, 3.63) is 51.7 Å². The van der Waals surface area contributed by atoms with Crippen LogP contribution < -0.4 is 4.90 Å². The molecule has 2 aliphatic rings. The van der Waals surface area contributed by atoms with Crippen molar-refractivity contribution in [2.45, 2.75) is 32.2 Å². The molecule has 2 aliphatic heterocycles. The van der Waals surface area contributed by atoms with Gasteiger partial charge in [-0.25, -0.2) is 0 Å². The predicted octanol–water partition coefficient (Wildman–Crippen LogP) is 3.63. The molecule has 0 N–H and O–H groups in total. The number of fused-ring (bicyclic) bond motifs is 1. The van der Waals surface area contributed by atoms with Crippen molar-refractivity contribution >= 4 is 28.8 Å². The van der Waals surface area contributed by atoms with Gasteiger partial charge in [-0.1, -0.05) is 6.07 Å². The van der Waals surface area contributed by atoms with Crippen LogP contribution in [0.15, 0.2) is 35.7 Å². The summed E-state index contributed by atoms with van der Waals surface area (Å²) in [7, 11) is 0. The molecular weight excluding hydrogens is 320 g/mol. The second kappa shape index (κ2) is 6.06. The number of benzene rings is 1. The van der Waals surface area contributed by atoms with Crippen molar-refractivity contribution in [3.63, 3.8) is 0 Å². The Balaban J connectivity index is 1.60. The highest BCUT2D eigenvalue weighted by Gasteiger charge is 2.29. The van der Waals surface area contributed by atoms with Gasteiger partial charge >= 0.3 is 0 Å². The molecule has 0 unspecified atom stereocenters. The third kappa shape index (κ3) is 2.53. The van der Waals surface area contributed by atoms with E-state index in [0.717, 1.165) is 31.6 Å². The van der Waals surface area contributed by atoms with Gasteiger partial charge in [-0.3, -0.25) is 9.59 Å². The number of thiophene rings is 1. The van der Waals surface area contributed by atoms with Crippen LogP contribution >= 0.6 is 11.3 Å². The first-order valence-corrected chi connectivity index (χ1v) is 9.31. The summed E-state index contributed by atoms with van der Waals surface area (Å²) in [5.41, 5.74) is 2.77. The molecule has 1 aromatic carbocycles. The fourth-order valence-corrected chi connectivity index (χ4v) is 4.64. The lowest BCUT2D eigenvalue weighted by molar-refractivity contribution is -0.117. The van der Waals surface area contributed by atoms with Crippen LogP contribution in [0.5, 0.6) is 0 Å². The van der Waals surface area contributed by atoms with E-state index in [4.69, 9.17) is 0 Å². The molecule has 0 saturated carbocycles. The van der Waals surface area contributed by atoms with Gasteiger partial charge in [-0.15, -0.1) is 11.3 Å². The number of hydrogen-bond donors (Lipinski definition) is 0. The summed E-state index contributed by atoms with van der Waals surface area (Å²) < 4.78 is 0. The molecule has 24 heavy (non-hydrogen) atoms. The minimum atomic E-state index is 0.0489.